The molecule has 0 aliphatic rings. The Morgan fingerprint density at radius 2 is 2.31 bits per heavy atom. The van der Waals surface area contributed by atoms with Crippen LogP contribution in [0.1, 0.15) is 0 Å². The first-order valence-corrected chi connectivity index (χ1v) is 4.16. The summed E-state index contributed by atoms with van der Waals surface area (Å²) in [4.78, 5) is 13.2. The van der Waals surface area contributed by atoms with Gasteiger partial charge in [0.05, 0.1) is 5.69 Å². The summed E-state index contributed by atoms with van der Waals surface area (Å²) in [6.45, 7) is 0. The summed E-state index contributed by atoms with van der Waals surface area (Å²) in [5, 5.41) is 4.22. The van der Waals surface area contributed by atoms with Crippen LogP contribution in [0.25, 0.3) is 10.9 Å². The van der Waals surface area contributed by atoms with Crippen molar-refractivity contribution < 1.29 is 4.79 Å². The van der Waals surface area contributed by atoms with Crippen molar-refractivity contribution in [2.24, 2.45) is 0 Å². The van der Waals surface area contributed by atoms with Crippen molar-refractivity contribution >= 4 is 34.6 Å². The summed E-state index contributed by atoms with van der Waals surface area (Å²) < 4.78 is 0. The average Bonchev–Trinajstić information content (AvgIpc) is 2.49. The molecule has 1 aromatic heterocycles. The van der Waals surface area contributed by atoms with Gasteiger partial charge in [0.2, 0.25) is 6.41 Å². The minimum Gasteiger partial charge on any atom is -0.359 e. The predicted octanol–water partition coefficient (Wildman–Crippen LogP) is 2.39. The molecule has 0 saturated heterocycles. The molecule has 3 nitrogen and oxygen atoms in total. The first-order chi connectivity index (χ1) is 6.31. The number of anilines is 1. The van der Waals surface area contributed by atoms with E-state index in [4.69, 9.17) is 11.6 Å². The number of hydrogen-bond donors (Lipinski definition) is 2. The van der Waals surface area contributed by atoms with E-state index in [1.165, 1.54) is 0 Å². The number of carbonyl (C=O) groups is 1. The number of carbonyl (C=O) groups excluding carboxylic acids is 1. The first kappa shape index (κ1) is 8.13. The number of amides is 1. The van der Waals surface area contributed by atoms with Crippen molar-refractivity contribution in [1.29, 1.82) is 0 Å². The fourth-order valence-electron chi connectivity index (χ4n) is 1.28. The monoisotopic (exact) mass is 194 g/mol. The topological polar surface area (TPSA) is 44.9 Å². The molecule has 2 rings (SSSR count). The summed E-state index contributed by atoms with van der Waals surface area (Å²) in [6.07, 6.45) is 2.38. The molecule has 1 amide bonds. The lowest BCUT2D eigenvalue weighted by Gasteiger charge is -1.94. The quantitative estimate of drug-likeness (QED) is 0.709. The second kappa shape index (κ2) is 3.11. The van der Waals surface area contributed by atoms with Crippen LogP contribution in [0.2, 0.25) is 5.02 Å². The maximum Gasteiger partial charge on any atom is 0.211 e. The van der Waals surface area contributed by atoms with Gasteiger partial charge in [-0.1, -0.05) is 11.6 Å². The zero-order chi connectivity index (χ0) is 9.26. The fraction of sp³-hybridized carbons (Fsp3) is 0. The summed E-state index contributed by atoms with van der Waals surface area (Å²) in [5.74, 6) is 0. The van der Waals surface area contributed by atoms with Gasteiger partial charge in [0.15, 0.2) is 0 Å². The Hall–Kier alpha value is -1.48. The molecule has 0 spiro atoms. The van der Waals surface area contributed by atoms with Gasteiger partial charge in [-0.2, -0.15) is 0 Å². The van der Waals surface area contributed by atoms with Gasteiger partial charge in [0.25, 0.3) is 0 Å². The van der Waals surface area contributed by atoms with E-state index in [0.29, 0.717) is 11.4 Å². The van der Waals surface area contributed by atoms with Gasteiger partial charge in [0, 0.05) is 22.1 Å². The van der Waals surface area contributed by atoms with Crippen LogP contribution >= 0.6 is 11.6 Å². The summed E-state index contributed by atoms with van der Waals surface area (Å²) in [7, 11) is 0. The predicted molar refractivity (Wildman–Crippen MR) is 53.0 cm³/mol. The highest BCUT2D eigenvalue weighted by Crippen LogP contribution is 2.24. The third-order valence-electron chi connectivity index (χ3n) is 1.86. The molecule has 1 heterocycles. The van der Waals surface area contributed by atoms with Crippen LogP contribution in [-0.4, -0.2) is 11.4 Å². The fourth-order valence-corrected chi connectivity index (χ4v) is 1.45. The van der Waals surface area contributed by atoms with Gasteiger partial charge in [0.1, 0.15) is 0 Å². The van der Waals surface area contributed by atoms with Crippen molar-refractivity contribution in [2.45, 2.75) is 0 Å². The molecule has 0 atom stereocenters. The highest BCUT2D eigenvalue weighted by atomic mass is 35.5. The van der Waals surface area contributed by atoms with Crippen molar-refractivity contribution in [1.82, 2.24) is 4.98 Å². The lowest BCUT2D eigenvalue weighted by Crippen LogP contribution is -1.91. The molecule has 2 N–H and O–H groups in total. The molecular formula is C9H7ClN2O. The molecule has 0 unspecified atom stereocenters. The molecule has 0 bridgehead atoms. The van der Waals surface area contributed by atoms with Crippen molar-refractivity contribution in [3.05, 3.63) is 29.4 Å². The SMILES string of the molecule is O=CNc1c[nH]c2cc(Cl)ccc12. The third kappa shape index (κ3) is 1.38. The Morgan fingerprint density at radius 3 is 3.08 bits per heavy atom. The molecule has 0 radical (unpaired) electrons. The molecule has 1 aromatic carbocycles. The van der Waals surface area contributed by atoms with Gasteiger partial charge < -0.3 is 10.3 Å². The van der Waals surface area contributed by atoms with Crippen molar-refractivity contribution in [3.8, 4) is 0 Å². The van der Waals surface area contributed by atoms with E-state index in [2.05, 4.69) is 10.3 Å². The summed E-state index contributed by atoms with van der Waals surface area (Å²) in [5.41, 5.74) is 1.68. The molecule has 0 fully saturated rings. The number of rotatable bonds is 2. The lowest BCUT2D eigenvalue weighted by atomic mass is 10.2. The van der Waals surface area contributed by atoms with Crippen LogP contribution in [0.15, 0.2) is 24.4 Å². The number of hydrogen-bond acceptors (Lipinski definition) is 1. The Kier molecular flexibility index (Phi) is 1.94. The van der Waals surface area contributed by atoms with Crippen LogP contribution < -0.4 is 5.32 Å². The molecule has 4 heteroatoms. The zero-order valence-corrected chi connectivity index (χ0v) is 7.43. The zero-order valence-electron chi connectivity index (χ0n) is 6.67. The molecule has 0 saturated carbocycles. The Bertz CT molecular complexity index is 450. The highest BCUT2D eigenvalue weighted by molar-refractivity contribution is 6.31. The van der Waals surface area contributed by atoms with Crippen LogP contribution in [0, 0.1) is 0 Å². The van der Waals surface area contributed by atoms with Crippen LogP contribution in [-0.2, 0) is 4.79 Å². The first-order valence-electron chi connectivity index (χ1n) is 3.78. The van der Waals surface area contributed by atoms with E-state index >= 15 is 0 Å². The summed E-state index contributed by atoms with van der Waals surface area (Å²) >= 11 is 5.80. The minimum absolute atomic E-state index is 0.650. The normalized spacial score (nSPS) is 10.2. The molecule has 66 valence electrons. The van der Waals surface area contributed by atoms with Gasteiger partial charge >= 0.3 is 0 Å². The van der Waals surface area contributed by atoms with Crippen molar-refractivity contribution in [3.63, 3.8) is 0 Å². The Morgan fingerprint density at radius 1 is 1.46 bits per heavy atom. The van der Waals surface area contributed by atoms with E-state index < -0.39 is 0 Å². The van der Waals surface area contributed by atoms with Gasteiger partial charge in [-0.05, 0) is 18.2 Å². The molecule has 0 aliphatic carbocycles. The standard InChI is InChI=1S/C9H7ClN2O/c10-6-1-2-7-8(3-6)11-4-9(7)12-5-13/h1-5,11H,(H,12,13). The average molecular weight is 195 g/mol. The minimum atomic E-state index is 0.650. The highest BCUT2D eigenvalue weighted by Gasteiger charge is 2.01. The molecule has 13 heavy (non-hydrogen) atoms. The maximum absolute atomic E-state index is 10.2. The van der Waals surface area contributed by atoms with Crippen LogP contribution in [0.5, 0.6) is 0 Å². The van der Waals surface area contributed by atoms with Crippen LogP contribution in [0.4, 0.5) is 5.69 Å². The van der Waals surface area contributed by atoms with E-state index in [-0.39, 0.29) is 0 Å². The summed E-state index contributed by atoms with van der Waals surface area (Å²) in [6, 6.07) is 5.46. The van der Waals surface area contributed by atoms with Crippen LogP contribution in [0.3, 0.4) is 0 Å². The number of fused-ring (bicyclic) bond motifs is 1. The second-order valence-corrected chi connectivity index (χ2v) is 3.09. The molecular weight excluding hydrogens is 188 g/mol. The largest absolute Gasteiger partial charge is 0.359 e. The number of aromatic nitrogens is 1. The van der Waals surface area contributed by atoms with Gasteiger partial charge in [-0.25, -0.2) is 0 Å². The second-order valence-electron chi connectivity index (χ2n) is 2.65. The van der Waals surface area contributed by atoms with E-state index in [0.717, 1.165) is 16.6 Å². The maximum atomic E-state index is 10.2. The smallest absolute Gasteiger partial charge is 0.211 e. The van der Waals surface area contributed by atoms with E-state index in [1.54, 1.807) is 12.3 Å². The Balaban J connectivity index is 2.61. The van der Waals surface area contributed by atoms with E-state index in [9.17, 15) is 4.79 Å². The number of aromatic amines is 1. The lowest BCUT2D eigenvalue weighted by molar-refractivity contribution is -0.105. The number of H-pyrrole nitrogens is 1. The van der Waals surface area contributed by atoms with Gasteiger partial charge in [-0.15, -0.1) is 0 Å². The molecule has 0 aliphatic heterocycles. The number of halogens is 1. The number of nitrogens with one attached hydrogen (secondary N) is 2. The van der Waals surface area contributed by atoms with Crippen molar-refractivity contribution in [2.75, 3.05) is 5.32 Å². The third-order valence-corrected chi connectivity index (χ3v) is 2.09. The van der Waals surface area contributed by atoms with Gasteiger partial charge in [-0.3, -0.25) is 4.79 Å². The van der Waals surface area contributed by atoms with E-state index in [1.807, 2.05) is 12.1 Å². The number of benzene rings is 1. The molecule has 2 aromatic rings. The Labute approximate surface area is 79.7 Å².